The number of thioether (sulfide) groups is 1. The topological polar surface area (TPSA) is 69.7 Å². The van der Waals surface area contributed by atoms with Crippen molar-refractivity contribution < 1.29 is 14.4 Å². The molecular formula is C24H29N3O3S. The minimum Gasteiger partial charge on any atom is -0.339 e. The summed E-state index contributed by atoms with van der Waals surface area (Å²) < 4.78 is 0. The molecule has 0 spiro atoms. The number of fused-ring (bicyclic) bond motifs is 1. The molecule has 0 radical (unpaired) electrons. The van der Waals surface area contributed by atoms with Crippen LogP contribution in [0, 0.1) is 0 Å². The summed E-state index contributed by atoms with van der Waals surface area (Å²) >= 11 is 1.43. The number of hydrogen-bond acceptors (Lipinski definition) is 4. The zero-order valence-electron chi connectivity index (χ0n) is 18.5. The summed E-state index contributed by atoms with van der Waals surface area (Å²) in [4.78, 5) is 42.2. The van der Waals surface area contributed by atoms with E-state index in [1.807, 2.05) is 44.2 Å². The van der Waals surface area contributed by atoms with Crippen LogP contribution in [0.3, 0.4) is 0 Å². The quantitative estimate of drug-likeness (QED) is 0.696. The van der Waals surface area contributed by atoms with E-state index in [0.29, 0.717) is 35.9 Å². The molecule has 31 heavy (non-hydrogen) atoms. The Morgan fingerprint density at radius 3 is 2.39 bits per heavy atom. The fraction of sp³-hybridized carbons (Fsp3) is 0.375. The molecule has 1 aliphatic rings. The molecule has 0 unspecified atom stereocenters. The number of amides is 3. The standard InChI is InChI=1S/C24H29N3O3S/c1-5-26(6-2)24(30)18-9-12-21-20(13-18)27(23(29)15-31-21)14-22(28)25-19-10-7-17(8-11-19)16(3)4/h7-13,16H,5-6,14-15H2,1-4H3,(H,25,28). The fourth-order valence-electron chi connectivity index (χ4n) is 3.50. The SMILES string of the molecule is CCN(CC)C(=O)c1ccc2c(c1)N(CC(=O)Nc1ccc(C(C)C)cc1)C(=O)CS2. The van der Waals surface area contributed by atoms with Crippen LogP contribution >= 0.6 is 11.8 Å². The molecule has 0 atom stereocenters. The van der Waals surface area contributed by atoms with Crippen molar-refractivity contribution >= 4 is 40.9 Å². The Kier molecular flexibility index (Phi) is 7.38. The highest BCUT2D eigenvalue weighted by atomic mass is 32.2. The van der Waals surface area contributed by atoms with Gasteiger partial charge in [0.1, 0.15) is 6.54 Å². The third-order valence-electron chi connectivity index (χ3n) is 5.36. The first kappa shape index (κ1) is 22.9. The summed E-state index contributed by atoms with van der Waals surface area (Å²) in [6.45, 7) is 9.23. The zero-order chi connectivity index (χ0) is 22.5. The van der Waals surface area contributed by atoms with E-state index in [0.717, 1.165) is 4.90 Å². The molecule has 2 aromatic rings. The average Bonchev–Trinajstić information content (AvgIpc) is 2.76. The van der Waals surface area contributed by atoms with Gasteiger partial charge in [-0.25, -0.2) is 0 Å². The van der Waals surface area contributed by atoms with Gasteiger partial charge in [-0.3, -0.25) is 14.4 Å². The first-order valence-corrected chi connectivity index (χ1v) is 11.6. The molecule has 6 nitrogen and oxygen atoms in total. The van der Waals surface area contributed by atoms with Crippen LogP contribution in [0.25, 0.3) is 0 Å². The number of carbonyl (C=O) groups is 3. The van der Waals surface area contributed by atoms with E-state index in [9.17, 15) is 14.4 Å². The van der Waals surface area contributed by atoms with Gasteiger partial charge in [0.15, 0.2) is 0 Å². The highest BCUT2D eigenvalue weighted by Gasteiger charge is 2.28. The lowest BCUT2D eigenvalue weighted by Gasteiger charge is -2.29. The van der Waals surface area contributed by atoms with E-state index < -0.39 is 0 Å². The number of rotatable bonds is 7. The van der Waals surface area contributed by atoms with Gasteiger partial charge < -0.3 is 15.1 Å². The number of nitrogens with zero attached hydrogens (tertiary/aromatic N) is 2. The van der Waals surface area contributed by atoms with Crippen LogP contribution in [0.4, 0.5) is 11.4 Å². The van der Waals surface area contributed by atoms with E-state index in [2.05, 4.69) is 19.2 Å². The molecule has 1 aliphatic heterocycles. The monoisotopic (exact) mass is 439 g/mol. The molecule has 0 saturated heterocycles. The second-order valence-electron chi connectivity index (χ2n) is 7.75. The second-order valence-corrected chi connectivity index (χ2v) is 8.77. The summed E-state index contributed by atoms with van der Waals surface area (Å²) in [5.74, 6) is 0.190. The number of nitrogens with one attached hydrogen (secondary N) is 1. The van der Waals surface area contributed by atoms with Crippen LogP contribution in [0.1, 0.15) is 49.5 Å². The molecule has 164 valence electrons. The molecule has 2 aromatic carbocycles. The number of anilines is 2. The summed E-state index contributed by atoms with van der Waals surface area (Å²) in [5.41, 5.74) is 3.02. The lowest BCUT2D eigenvalue weighted by atomic mass is 10.0. The Morgan fingerprint density at radius 1 is 1.10 bits per heavy atom. The lowest BCUT2D eigenvalue weighted by molar-refractivity contribution is -0.120. The maximum absolute atomic E-state index is 12.8. The first-order valence-electron chi connectivity index (χ1n) is 10.6. The molecule has 1 N–H and O–H groups in total. The van der Waals surface area contributed by atoms with Crippen molar-refractivity contribution in [1.29, 1.82) is 0 Å². The maximum Gasteiger partial charge on any atom is 0.253 e. The van der Waals surface area contributed by atoms with Crippen molar-refractivity contribution in [3.05, 3.63) is 53.6 Å². The Morgan fingerprint density at radius 2 is 1.77 bits per heavy atom. The van der Waals surface area contributed by atoms with Gasteiger partial charge in [0, 0.05) is 29.2 Å². The van der Waals surface area contributed by atoms with Gasteiger partial charge in [-0.2, -0.15) is 0 Å². The summed E-state index contributed by atoms with van der Waals surface area (Å²) in [5, 5.41) is 2.87. The van der Waals surface area contributed by atoms with Gasteiger partial charge in [-0.1, -0.05) is 26.0 Å². The summed E-state index contributed by atoms with van der Waals surface area (Å²) in [6.07, 6.45) is 0. The number of carbonyl (C=O) groups excluding carboxylic acids is 3. The predicted molar refractivity (Wildman–Crippen MR) is 126 cm³/mol. The van der Waals surface area contributed by atoms with E-state index >= 15 is 0 Å². The summed E-state index contributed by atoms with van der Waals surface area (Å²) in [7, 11) is 0. The molecule has 0 saturated carbocycles. The third kappa shape index (κ3) is 5.28. The Bertz CT molecular complexity index is 969. The van der Waals surface area contributed by atoms with Crippen molar-refractivity contribution in [3.63, 3.8) is 0 Å². The van der Waals surface area contributed by atoms with Gasteiger partial charge in [-0.15, -0.1) is 11.8 Å². The van der Waals surface area contributed by atoms with Gasteiger partial charge in [0.2, 0.25) is 11.8 Å². The summed E-state index contributed by atoms with van der Waals surface area (Å²) in [6, 6.07) is 13.1. The minimum absolute atomic E-state index is 0.0783. The van der Waals surface area contributed by atoms with Crippen molar-refractivity contribution in [2.75, 3.05) is 35.6 Å². The van der Waals surface area contributed by atoms with Gasteiger partial charge in [-0.05, 0) is 55.7 Å². The fourth-order valence-corrected chi connectivity index (χ4v) is 4.41. The molecule has 0 aliphatic carbocycles. The highest BCUT2D eigenvalue weighted by Crippen LogP contribution is 2.36. The predicted octanol–water partition coefficient (Wildman–Crippen LogP) is 4.37. The zero-order valence-corrected chi connectivity index (χ0v) is 19.3. The van der Waals surface area contributed by atoms with Crippen LogP contribution in [0.15, 0.2) is 47.4 Å². The van der Waals surface area contributed by atoms with Crippen LogP contribution in [0.5, 0.6) is 0 Å². The normalized spacial score (nSPS) is 13.2. The van der Waals surface area contributed by atoms with Crippen molar-refractivity contribution in [3.8, 4) is 0 Å². The number of hydrogen-bond donors (Lipinski definition) is 1. The number of benzene rings is 2. The molecule has 0 fully saturated rings. The molecule has 7 heteroatoms. The molecular weight excluding hydrogens is 410 g/mol. The smallest absolute Gasteiger partial charge is 0.253 e. The molecule has 3 amide bonds. The second kappa shape index (κ2) is 10.0. The molecule has 1 heterocycles. The molecule has 3 rings (SSSR count). The third-order valence-corrected chi connectivity index (χ3v) is 6.41. The van der Waals surface area contributed by atoms with Crippen molar-refractivity contribution in [2.24, 2.45) is 0 Å². The van der Waals surface area contributed by atoms with Gasteiger partial charge >= 0.3 is 0 Å². The van der Waals surface area contributed by atoms with Crippen LogP contribution in [-0.4, -0.2) is 48.0 Å². The Balaban J connectivity index is 1.79. The first-order chi connectivity index (χ1) is 14.8. The van der Waals surface area contributed by atoms with Gasteiger partial charge in [0.05, 0.1) is 11.4 Å². The average molecular weight is 440 g/mol. The van der Waals surface area contributed by atoms with Gasteiger partial charge in [0.25, 0.3) is 5.91 Å². The highest BCUT2D eigenvalue weighted by molar-refractivity contribution is 8.00. The van der Waals surface area contributed by atoms with Crippen molar-refractivity contribution in [1.82, 2.24) is 4.90 Å². The van der Waals surface area contributed by atoms with Crippen LogP contribution in [0.2, 0.25) is 0 Å². The van der Waals surface area contributed by atoms with Crippen LogP contribution in [-0.2, 0) is 9.59 Å². The van der Waals surface area contributed by atoms with E-state index in [-0.39, 0.29) is 30.0 Å². The minimum atomic E-state index is -0.274. The maximum atomic E-state index is 12.8. The van der Waals surface area contributed by atoms with E-state index in [1.165, 1.54) is 22.2 Å². The van der Waals surface area contributed by atoms with Crippen molar-refractivity contribution in [2.45, 2.75) is 38.5 Å². The van der Waals surface area contributed by atoms with Crippen LogP contribution < -0.4 is 10.2 Å². The lowest BCUT2D eigenvalue weighted by Crippen LogP contribution is -2.41. The Hall–Kier alpha value is -2.80. The Labute approximate surface area is 188 Å². The molecule has 0 bridgehead atoms. The largest absolute Gasteiger partial charge is 0.339 e. The van der Waals surface area contributed by atoms with E-state index in [1.54, 1.807) is 17.0 Å². The molecule has 0 aromatic heterocycles. The van der Waals surface area contributed by atoms with E-state index in [4.69, 9.17) is 0 Å².